The lowest BCUT2D eigenvalue weighted by atomic mass is 9.99. The Morgan fingerprint density at radius 2 is 1.88 bits per heavy atom. The second-order valence-electron chi connectivity index (χ2n) is 8.54. The van der Waals surface area contributed by atoms with Gasteiger partial charge >= 0.3 is 0 Å². The number of amides is 1. The van der Waals surface area contributed by atoms with Crippen LogP contribution in [0.25, 0.3) is 0 Å². The Hall–Kier alpha value is -2.90. The molecule has 178 valence electrons. The van der Waals surface area contributed by atoms with Gasteiger partial charge in [0.15, 0.2) is 0 Å². The van der Waals surface area contributed by atoms with E-state index in [1.807, 2.05) is 18.2 Å². The maximum absolute atomic E-state index is 12.8. The molecule has 2 aliphatic rings. The Balaban J connectivity index is 1.48. The molecule has 0 spiro atoms. The summed E-state index contributed by atoms with van der Waals surface area (Å²) in [5, 5.41) is 18.8. The van der Waals surface area contributed by atoms with Gasteiger partial charge in [-0.3, -0.25) is 9.69 Å². The topological polar surface area (TPSA) is 116 Å². The van der Waals surface area contributed by atoms with Gasteiger partial charge in [0.2, 0.25) is 15.9 Å². The first-order valence-electron chi connectivity index (χ1n) is 11.0. The van der Waals surface area contributed by atoms with Crippen LogP contribution in [0.15, 0.2) is 80.6 Å². The zero-order valence-electron chi connectivity index (χ0n) is 19.2. The van der Waals surface area contributed by atoms with Crippen LogP contribution in [-0.4, -0.2) is 38.6 Å². The molecule has 2 atom stereocenters. The number of nitrogens with two attached hydrogens (primary N) is 1. The highest BCUT2D eigenvalue weighted by atomic mass is 32.2. The van der Waals surface area contributed by atoms with Crippen LogP contribution >= 0.6 is 10.9 Å². The van der Waals surface area contributed by atoms with E-state index in [4.69, 9.17) is 5.14 Å². The molecule has 2 aliphatic heterocycles. The fourth-order valence-corrected chi connectivity index (χ4v) is 7.13. The van der Waals surface area contributed by atoms with Crippen molar-refractivity contribution in [3.8, 4) is 6.07 Å². The van der Waals surface area contributed by atoms with Crippen molar-refractivity contribution in [1.82, 2.24) is 10.2 Å². The number of sulfonamides is 1. The predicted octanol–water partition coefficient (Wildman–Crippen LogP) is 3.09. The van der Waals surface area contributed by atoms with Crippen molar-refractivity contribution in [2.45, 2.75) is 30.7 Å². The summed E-state index contributed by atoms with van der Waals surface area (Å²) in [5.41, 5.74) is 3.56. The number of carbonyl (C=O) groups excluding carboxylic acids is 1. The molecule has 2 aromatic carbocycles. The Bertz CT molecular complexity index is 1310. The van der Waals surface area contributed by atoms with E-state index in [0.29, 0.717) is 17.7 Å². The molecule has 0 bridgehead atoms. The van der Waals surface area contributed by atoms with E-state index in [2.05, 4.69) is 41.6 Å². The number of benzene rings is 2. The first kappa shape index (κ1) is 24.2. The van der Waals surface area contributed by atoms with Crippen molar-refractivity contribution >= 4 is 26.8 Å². The van der Waals surface area contributed by atoms with Crippen LogP contribution in [0, 0.1) is 11.3 Å². The number of primary sulfonamides is 1. The number of nitriles is 1. The molecule has 2 unspecified atom stereocenters. The van der Waals surface area contributed by atoms with Gasteiger partial charge in [0.05, 0.1) is 21.9 Å². The van der Waals surface area contributed by atoms with Crippen LogP contribution in [0.3, 0.4) is 0 Å². The van der Waals surface area contributed by atoms with Gasteiger partial charge < -0.3 is 5.32 Å². The van der Waals surface area contributed by atoms with Crippen molar-refractivity contribution in [2.24, 2.45) is 5.14 Å². The monoisotopic (exact) mass is 496 g/mol. The third-order valence-corrected chi connectivity index (χ3v) is 9.68. The molecular weight excluding hydrogens is 468 g/mol. The van der Waals surface area contributed by atoms with Gasteiger partial charge in [-0.05, 0) is 53.3 Å². The maximum Gasteiger partial charge on any atom is 0.238 e. The number of nitrogens with zero attached hydrogens (tertiary/aromatic N) is 2. The summed E-state index contributed by atoms with van der Waals surface area (Å²) in [6, 6.07) is 18.9. The van der Waals surface area contributed by atoms with Crippen LogP contribution in [0.4, 0.5) is 0 Å². The van der Waals surface area contributed by atoms with Crippen molar-refractivity contribution in [3.63, 3.8) is 0 Å². The van der Waals surface area contributed by atoms with E-state index >= 15 is 0 Å². The quantitative estimate of drug-likeness (QED) is 0.532. The van der Waals surface area contributed by atoms with Crippen LogP contribution in [0.5, 0.6) is 0 Å². The Labute approximate surface area is 203 Å². The minimum atomic E-state index is -3.78. The number of thiol groups is 1. The summed E-state index contributed by atoms with van der Waals surface area (Å²) in [5.74, 6) is -0.227. The van der Waals surface area contributed by atoms with E-state index in [0.717, 1.165) is 23.6 Å². The van der Waals surface area contributed by atoms with Crippen molar-refractivity contribution in [2.75, 3.05) is 19.3 Å². The van der Waals surface area contributed by atoms with Crippen molar-refractivity contribution in [1.29, 1.82) is 5.26 Å². The van der Waals surface area contributed by atoms with Gasteiger partial charge in [-0.25, -0.2) is 13.6 Å². The summed E-state index contributed by atoms with van der Waals surface area (Å²) in [6.07, 6.45) is 3.06. The minimum absolute atomic E-state index is 0.00478. The second-order valence-corrected chi connectivity index (χ2v) is 12.2. The van der Waals surface area contributed by atoms with Crippen molar-refractivity contribution < 1.29 is 13.2 Å². The molecule has 0 saturated carbocycles. The van der Waals surface area contributed by atoms with Crippen LogP contribution in [0.1, 0.15) is 30.5 Å². The molecule has 1 amide bonds. The smallest absolute Gasteiger partial charge is 0.238 e. The highest BCUT2D eigenvalue weighted by Gasteiger charge is 2.35. The molecule has 0 saturated heterocycles. The minimum Gasteiger partial charge on any atom is -0.320 e. The average molecular weight is 497 g/mol. The van der Waals surface area contributed by atoms with E-state index in [1.54, 1.807) is 12.1 Å². The van der Waals surface area contributed by atoms with Gasteiger partial charge in [0.1, 0.15) is 6.07 Å². The van der Waals surface area contributed by atoms with Gasteiger partial charge in [-0.15, -0.1) is 0 Å². The highest BCUT2D eigenvalue weighted by Crippen LogP contribution is 2.53. The molecule has 9 heteroatoms. The molecule has 0 aromatic heterocycles. The maximum atomic E-state index is 12.8. The normalized spacial score (nSPS) is 20.6. The molecule has 4 rings (SSSR count). The molecule has 0 radical (unpaired) electrons. The Morgan fingerprint density at radius 3 is 2.50 bits per heavy atom. The van der Waals surface area contributed by atoms with Gasteiger partial charge in [-0.1, -0.05) is 42.5 Å². The van der Waals surface area contributed by atoms with E-state index in [1.165, 1.54) is 22.6 Å². The Morgan fingerprint density at radius 1 is 1.21 bits per heavy atom. The highest BCUT2D eigenvalue weighted by molar-refractivity contribution is 8.23. The van der Waals surface area contributed by atoms with E-state index < -0.39 is 20.9 Å². The van der Waals surface area contributed by atoms with Crippen molar-refractivity contribution in [3.05, 3.63) is 86.8 Å². The SMILES string of the molecule is CC(c1ccccc1)N1CCC2=C(C1)C(C#N)=C(NC(=O)Cc1ccc(S(N)(=O)=O)cc1)[SH]2C. The third-order valence-electron chi connectivity index (χ3n) is 6.44. The summed E-state index contributed by atoms with van der Waals surface area (Å²) >= 11 is 0. The molecule has 3 N–H and O–H groups in total. The predicted molar refractivity (Wildman–Crippen MR) is 135 cm³/mol. The van der Waals surface area contributed by atoms with Crippen LogP contribution in [0.2, 0.25) is 0 Å². The van der Waals surface area contributed by atoms with Gasteiger partial charge in [0.25, 0.3) is 0 Å². The molecule has 0 aliphatic carbocycles. The first-order valence-corrected chi connectivity index (χ1v) is 14.3. The fourth-order valence-electron chi connectivity index (χ4n) is 4.51. The third kappa shape index (κ3) is 4.95. The van der Waals surface area contributed by atoms with Gasteiger partial charge in [-0.2, -0.15) is 16.2 Å². The summed E-state index contributed by atoms with van der Waals surface area (Å²) in [7, 11) is -4.55. The van der Waals surface area contributed by atoms with E-state index in [9.17, 15) is 18.5 Å². The number of hydrogen-bond donors (Lipinski definition) is 3. The van der Waals surface area contributed by atoms with Crippen LogP contribution in [-0.2, 0) is 21.2 Å². The van der Waals surface area contributed by atoms with Gasteiger partial charge in [0, 0.05) is 19.1 Å². The fraction of sp³-hybridized carbons (Fsp3) is 0.280. The summed E-state index contributed by atoms with van der Waals surface area (Å²) < 4.78 is 22.9. The standard InChI is InChI=1S/C25H28N4O3S2/c1-17(19-6-4-3-5-7-19)29-13-12-23-22(16-29)21(15-26)25(33(23)2)28-24(30)14-18-8-10-20(11-9-18)34(27,31)32/h3-11,17,33H,12-14,16H2,1-2H3,(H,28,30)(H2,27,31,32). The summed E-state index contributed by atoms with van der Waals surface area (Å²) in [4.78, 5) is 16.5. The molecule has 7 nitrogen and oxygen atoms in total. The summed E-state index contributed by atoms with van der Waals surface area (Å²) in [6.45, 7) is 3.79. The molecule has 2 heterocycles. The molecule has 2 aromatic rings. The molecule has 0 fully saturated rings. The lowest BCUT2D eigenvalue weighted by Gasteiger charge is -2.34. The molecule has 34 heavy (non-hydrogen) atoms. The lowest BCUT2D eigenvalue weighted by Crippen LogP contribution is -2.33. The largest absolute Gasteiger partial charge is 0.320 e. The lowest BCUT2D eigenvalue weighted by molar-refractivity contribution is -0.119. The van der Waals surface area contributed by atoms with Crippen LogP contribution < -0.4 is 10.5 Å². The number of hydrogen-bond acceptors (Lipinski definition) is 5. The number of rotatable bonds is 6. The Kier molecular flexibility index (Phi) is 6.96. The first-order chi connectivity index (χ1) is 16.2. The molecular formula is C25H28N4O3S2. The average Bonchev–Trinajstić information content (AvgIpc) is 3.08. The second kappa shape index (κ2) is 9.76. The number of carbonyl (C=O) groups is 1. The van der Waals surface area contributed by atoms with E-state index in [-0.39, 0.29) is 23.3 Å². The number of nitrogens with one attached hydrogen (secondary N) is 1. The zero-order valence-corrected chi connectivity index (χ0v) is 20.9. The zero-order chi connectivity index (χ0) is 24.5.